The summed E-state index contributed by atoms with van der Waals surface area (Å²) < 4.78 is 15.4. The lowest BCUT2D eigenvalue weighted by atomic mass is 9.87. The number of carbonyl (C=O) groups is 2. The molecule has 0 aliphatic heterocycles. The van der Waals surface area contributed by atoms with Gasteiger partial charge in [-0.05, 0) is 54.5 Å². The highest BCUT2D eigenvalue weighted by atomic mass is 19.1. The van der Waals surface area contributed by atoms with Gasteiger partial charge in [-0.15, -0.1) is 0 Å². The van der Waals surface area contributed by atoms with E-state index in [9.17, 15) is 18.8 Å². The molecule has 2 aromatic heterocycles. The van der Waals surface area contributed by atoms with Gasteiger partial charge in [0.1, 0.15) is 23.9 Å². The zero-order valence-corrected chi connectivity index (χ0v) is 21.4. The first kappa shape index (κ1) is 26.8. The predicted octanol–water partition coefficient (Wildman–Crippen LogP) is 3.65. The summed E-state index contributed by atoms with van der Waals surface area (Å²) in [6.45, 7) is 6.26. The summed E-state index contributed by atoms with van der Waals surface area (Å²) in [5.74, 6) is -0.306. The van der Waals surface area contributed by atoms with E-state index in [-0.39, 0.29) is 41.7 Å². The second-order valence-electron chi connectivity index (χ2n) is 10.2. The van der Waals surface area contributed by atoms with E-state index < -0.39 is 5.56 Å². The van der Waals surface area contributed by atoms with Crippen LogP contribution >= 0.6 is 0 Å². The van der Waals surface area contributed by atoms with Crippen LogP contribution in [0.1, 0.15) is 51.4 Å². The number of carbonyl (C=O) groups excluding carboxylic acids is 2. The van der Waals surface area contributed by atoms with Crippen LogP contribution in [-0.2, 0) is 22.6 Å². The fourth-order valence-corrected chi connectivity index (χ4v) is 3.71. The van der Waals surface area contributed by atoms with Crippen LogP contribution in [0.3, 0.4) is 0 Å². The molecule has 0 saturated heterocycles. The Labute approximate surface area is 209 Å². The zero-order valence-electron chi connectivity index (χ0n) is 21.4. The summed E-state index contributed by atoms with van der Waals surface area (Å²) in [4.78, 5) is 45.8. The van der Waals surface area contributed by atoms with Crippen molar-refractivity contribution in [2.24, 2.45) is 5.41 Å². The standard InChI is InChI=1S/C26H33FN6O3/c1-26(2,3)15-17-13-18(27)14-20-24(17)31-21(29-20)16-33-25(36)19(11-12-28-33)30-22(34)9-7-6-8-10-23(35)32(4)5/h8,10-14H,6-7,9,15-16H2,1-5H3,(H,29,31)(H,30,34)/b10-8+. The average molecular weight is 497 g/mol. The molecule has 1 aromatic carbocycles. The number of nitrogens with zero attached hydrogens (tertiary/aromatic N) is 4. The van der Waals surface area contributed by atoms with E-state index in [2.05, 4.69) is 41.2 Å². The molecule has 0 unspecified atom stereocenters. The number of anilines is 1. The predicted molar refractivity (Wildman–Crippen MR) is 137 cm³/mol. The quantitative estimate of drug-likeness (QED) is 0.347. The van der Waals surface area contributed by atoms with Gasteiger partial charge >= 0.3 is 0 Å². The molecule has 36 heavy (non-hydrogen) atoms. The first-order valence-corrected chi connectivity index (χ1v) is 11.8. The van der Waals surface area contributed by atoms with Crippen LogP contribution < -0.4 is 10.9 Å². The minimum atomic E-state index is -0.469. The van der Waals surface area contributed by atoms with Crippen LogP contribution in [0, 0.1) is 11.2 Å². The van der Waals surface area contributed by atoms with Gasteiger partial charge in [0.2, 0.25) is 11.8 Å². The number of nitrogens with one attached hydrogen (secondary N) is 2. The first-order chi connectivity index (χ1) is 16.9. The van der Waals surface area contributed by atoms with E-state index in [4.69, 9.17) is 0 Å². The minimum Gasteiger partial charge on any atom is -0.345 e. The lowest BCUT2D eigenvalue weighted by Crippen LogP contribution is -2.28. The number of aromatic nitrogens is 4. The molecule has 9 nitrogen and oxygen atoms in total. The lowest BCUT2D eigenvalue weighted by molar-refractivity contribution is -0.123. The summed E-state index contributed by atoms with van der Waals surface area (Å²) in [6, 6.07) is 4.33. The van der Waals surface area contributed by atoms with Crippen LogP contribution in [0.4, 0.5) is 10.1 Å². The molecule has 0 aliphatic rings. The number of amides is 2. The third kappa shape index (κ3) is 7.34. The monoisotopic (exact) mass is 496 g/mol. The Hall–Kier alpha value is -3.82. The number of H-pyrrole nitrogens is 1. The Morgan fingerprint density at radius 2 is 2.00 bits per heavy atom. The highest BCUT2D eigenvalue weighted by Crippen LogP contribution is 2.26. The molecule has 3 rings (SSSR count). The Balaban J connectivity index is 1.68. The van der Waals surface area contributed by atoms with E-state index in [0.717, 1.165) is 5.56 Å². The topological polar surface area (TPSA) is 113 Å². The third-order valence-corrected chi connectivity index (χ3v) is 5.36. The van der Waals surface area contributed by atoms with E-state index in [1.54, 1.807) is 20.2 Å². The van der Waals surface area contributed by atoms with Crippen molar-refractivity contribution < 1.29 is 14.0 Å². The summed E-state index contributed by atoms with van der Waals surface area (Å²) in [5, 5.41) is 6.73. The molecule has 0 fully saturated rings. The molecule has 0 saturated carbocycles. The molecule has 10 heteroatoms. The second-order valence-corrected chi connectivity index (χ2v) is 10.2. The largest absolute Gasteiger partial charge is 0.345 e. The van der Waals surface area contributed by atoms with Gasteiger partial charge < -0.3 is 15.2 Å². The molecular formula is C26H33FN6O3. The molecule has 192 valence electrons. The Bertz CT molecular complexity index is 1330. The van der Waals surface area contributed by atoms with Crippen molar-refractivity contribution in [2.75, 3.05) is 19.4 Å². The van der Waals surface area contributed by atoms with Gasteiger partial charge in [0, 0.05) is 26.7 Å². The molecule has 0 bridgehead atoms. The molecule has 0 spiro atoms. The molecule has 3 aromatic rings. The molecule has 0 aliphatic carbocycles. The maximum Gasteiger partial charge on any atom is 0.290 e. The Morgan fingerprint density at radius 3 is 2.69 bits per heavy atom. The number of unbranched alkanes of at least 4 members (excludes halogenated alkanes) is 1. The average Bonchev–Trinajstić information content (AvgIpc) is 3.17. The number of hydrogen-bond donors (Lipinski definition) is 2. The SMILES string of the molecule is CN(C)C(=O)/C=C/CCCC(=O)Nc1ccnn(Cc2nc3c(CC(C)(C)C)cc(F)cc3[nH]2)c1=O. The first-order valence-electron chi connectivity index (χ1n) is 11.8. The molecule has 0 radical (unpaired) electrons. The maximum atomic E-state index is 14.2. The Kier molecular flexibility index (Phi) is 8.39. The van der Waals surface area contributed by atoms with Crippen LogP contribution in [0.5, 0.6) is 0 Å². The van der Waals surface area contributed by atoms with Gasteiger partial charge in [0.25, 0.3) is 5.56 Å². The molecule has 0 atom stereocenters. The zero-order chi connectivity index (χ0) is 26.5. The highest BCUT2D eigenvalue weighted by Gasteiger charge is 2.18. The van der Waals surface area contributed by atoms with Crippen molar-refractivity contribution in [3.05, 3.63) is 64.1 Å². The fourth-order valence-electron chi connectivity index (χ4n) is 3.71. The number of imidazole rings is 1. The summed E-state index contributed by atoms with van der Waals surface area (Å²) >= 11 is 0. The lowest BCUT2D eigenvalue weighted by Gasteiger charge is -2.18. The number of aromatic amines is 1. The number of fused-ring (bicyclic) bond motifs is 1. The number of hydrogen-bond acceptors (Lipinski definition) is 5. The molecular weight excluding hydrogens is 463 g/mol. The Morgan fingerprint density at radius 1 is 1.25 bits per heavy atom. The minimum absolute atomic E-state index is 0.0402. The smallest absolute Gasteiger partial charge is 0.290 e. The van der Waals surface area contributed by atoms with Crippen molar-refractivity contribution in [3.8, 4) is 0 Å². The summed E-state index contributed by atoms with van der Waals surface area (Å²) in [6.07, 6.45) is 6.58. The van der Waals surface area contributed by atoms with Gasteiger partial charge in [0.15, 0.2) is 0 Å². The van der Waals surface area contributed by atoms with Gasteiger partial charge in [-0.3, -0.25) is 14.4 Å². The van der Waals surface area contributed by atoms with Crippen molar-refractivity contribution in [3.63, 3.8) is 0 Å². The molecule has 2 amide bonds. The second kappa shape index (κ2) is 11.3. The van der Waals surface area contributed by atoms with Crippen LogP contribution in [-0.4, -0.2) is 50.6 Å². The van der Waals surface area contributed by atoms with Gasteiger partial charge in [0.05, 0.1) is 11.0 Å². The van der Waals surface area contributed by atoms with Crippen molar-refractivity contribution in [1.29, 1.82) is 0 Å². The van der Waals surface area contributed by atoms with Crippen LogP contribution in [0.2, 0.25) is 0 Å². The van der Waals surface area contributed by atoms with Crippen molar-refractivity contribution in [2.45, 2.75) is 53.0 Å². The molecule has 2 heterocycles. The maximum absolute atomic E-state index is 14.2. The van der Waals surface area contributed by atoms with E-state index in [0.29, 0.717) is 36.1 Å². The van der Waals surface area contributed by atoms with Gasteiger partial charge in [-0.1, -0.05) is 26.8 Å². The number of halogens is 1. The summed E-state index contributed by atoms with van der Waals surface area (Å²) in [7, 11) is 3.33. The molecule has 2 N–H and O–H groups in total. The van der Waals surface area contributed by atoms with Crippen LogP contribution in [0.15, 0.2) is 41.3 Å². The van der Waals surface area contributed by atoms with Crippen molar-refractivity contribution in [1.82, 2.24) is 24.6 Å². The van der Waals surface area contributed by atoms with Crippen molar-refractivity contribution >= 4 is 28.5 Å². The van der Waals surface area contributed by atoms with E-state index >= 15 is 0 Å². The fraction of sp³-hybridized carbons (Fsp3) is 0.423. The van der Waals surface area contributed by atoms with Crippen LogP contribution in [0.25, 0.3) is 11.0 Å². The van der Waals surface area contributed by atoms with Gasteiger partial charge in [-0.25, -0.2) is 14.1 Å². The number of likely N-dealkylation sites (N-methyl/N-ethyl adjacent to an activating group) is 1. The number of benzene rings is 1. The normalized spacial score (nSPS) is 11.8. The van der Waals surface area contributed by atoms with E-state index in [1.165, 1.54) is 40.1 Å². The highest BCUT2D eigenvalue weighted by molar-refractivity contribution is 5.90. The third-order valence-electron chi connectivity index (χ3n) is 5.36. The van der Waals surface area contributed by atoms with E-state index in [1.807, 2.05) is 0 Å². The number of allylic oxidation sites excluding steroid dienone is 1. The number of rotatable bonds is 9. The summed E-state index contributed by atoms with van der Waals surface area (Å²) in [5.41, 5.74) is 1.61. The van der Waals surface area contributed by atoms with Gasteiger partial charge in [-0.2, -0.15) is 5.10 Å².